The second-order valence-corrected chi connectivity index (χ2v) is 7.29. The van der Waals surface area contributed by atoms with Gasteiger partial charge in [0.15, 0.2) is 0 Å². The summed E-state index contributed by atoms with van der Waals surface area (Å²) in [6, 6.07) is 15.5. The molecule has 1 heterocycles. The number of hydrogen-bond acceptors (Lipinski definition) is 6. The molecule has 0 radical (unpaired) electrons. The predicted octanol–water partition coefficient (Wildman–Crippen LogP) is 2.50. The lowest BCUT2D eigenvalue weighted by atomic mass is 10.1. The molecule has 1 fully saturated rings. The number of ether oxygens (including phenoxy) is 1. The first kappa shape index (κ1) is 22.4. The smallest absolute Gasteiger partial charge is 0.313 e. The molecule has 0 saturated carbocycles. The van der Waals surface area contributed by atoms with Gasteiger partial charge in [-0.25, -0.2) is 0 Å². The molecular weight excluding hydrogens is 400 g/mol. The summed E-state index contributed by atoms with van der Waals surface area (Å²) in [4.78, 5) is 36.3. The van der Waals surface area contributed by atoms with Gasteiger partial charge in [0.05, 0.1) is 17.6 Å². The molecule has 0 spiro atoms. The van der Waals surface area contributed by atoms with Gasteiger partial charge in [0.2, 0.25) is 0 Å². The molecule has 1 unspecified atom stereocenters. The zero-order valence-corrected chi connectivity index (χ0v) is 17.2. The zero-order valence-electron chi connectivity index (χ0n) is 17.2. The molecule has 9 nitrogen and oxygen atoms in total. The monoisotopic (exact) mass is 426 g/mol. The molecule has 1 saturated heterocycles. The van der Waals surface area contributed by atoms with Crippen LogP contribution in [-0.4, -0.2) is 54.4 Å². The number of unbranched alkanes of at least 4 members (excludes halogenated alkanes) is 1. The fourth-order valence-corrected chi connectivity index (χ4v) is 3.37. The average Bonchev–Trinajstić information content (AvgIpc) is 2.80. The summed E-state index contributed by atoms with van der Waals surface area (Å²) in [5.41, 5.74) is 1.42. The number of anilines is 1. The van der Waals surface area contributed by atoms with Gasteiger partial charge in [0, 0.05) is 37.5 Å². The highest BCUT2D eigenvalue weighted by molar-refractivity contribution is 6.39. The fourth-order valence-electron chi connectivity index (χ4n) is 3.37. The van der Waals surface area contributed by atoms with Crippen molar-refractivity contribution >= 4 is 23.2 Å². The zero-order chi connectivity index (χ0) is 22.1. The predicted molar refractivity (Wildman–Crippen MR) is 116 cm³/mol. The Morgan fingerprint density at radius 3 is 2.52 bits per heavy atom. The average molecular weight is 426 g/mol. The molecule has 3 rings (SSSR count). The van der Waals surface area contributed by atoms with Crippen molar-refractivity contribution < 1.29 is 19.2 Å². The number of benzene rings is 2. The van der Waals surface area contributed by atoms with Crippen molar-refractivity contribution in [2.75, 3.05) is 38.1 Å². The van der Waals surface area contributed by atoms with Gasteiger partial charge in [-0.3, -0.25) is 24.6 Å². The van der Waals surface area contributed by atoms with E-state index in [1.807, 2.05) is 18.2 Å². The second kappa shape index (κ2) is 11.2. The molecule has 2 N–H and O–H groups in total. The molecule has 2 amide bonds. The van der Waals surface area contributed by atoms with Crippen LogP contribution in [-0.2, 0) is 14.3 Å². The molecule has 0 aliphatic carbocycles. The largest absolute Gasteiger partial charge is 0.371 e. The Morgan fingerprint density at radius 2 is 1.81 bits per heavy atom. The lowest BCUT2D eigenvalue weighted by molar-refractivity contribution is -0.384. The maximum Gasteiger partial charge on any atom is 0.313 e. The molecule has 2 aromatic rings. The minimum atomic E-state index is -0.798. The van der Waals surface area contributed by atoms with Crippen molar-refractivity contribution in [3.05, 3.63) is 70.3 Å². The van der Waals surface area contributed by atoms with E-state index in [1.165, 1.54) is 29.8 Å². The van der Waals surface area contributed by atoms with Crippen LogP contribution in [0.2, 0.25) is 0 Å². The van der Waals surface area contributed by atoms with Crippen LogP contribution in [0.1, 0.15) is 24.5 Å². The summed E-state index contributed by atoms with van der Waals surface area (Å²) >= 11 is 0. The van der Waals surface area contributed by atoms with Crippen LogP contribution in [0.15, 0.2) is 54.6 Å². The second-order valence-electron chi connectivity index (χ2n) is 7.29. The normalized spacial score (nSPS) is 16.5. The Morgan fingerprint density at radius 1 is 1.06 bits per heavy atom. The lowest BCUT2D eigenvalue weighted by Crippen LogP contribution is -2.39. The lowest BCUT2D eigenvalue weighted by Gasteiger charge is -2.33. The van der Waals surface area contributed by atoms with E-state index in [2.05, 4.69) is 27.7 Å². The molecule has 9 heteroatoms. The number of nitro benzene ring substituents is 1. The number of nitrogens with zero attached hydrogens (tertiary/aromatic N) is 2. The van der Waals surface area contributed by atoms with Gasteiger partial charge in [-0.1, -0.05) is 30.3 Å². The summed E-state index contributed by atoms with van der Waals surface area (Å²) < 4.78 is 5.87. The number of nitro groups is 1. The Bertz CT molecular complexity index is 889. The molecule has 0 bridgehead atoms. The fraction of sp³-hybridized carbons (Fsp3) is 0.364. The number of nitrogens with one attached hydrogen (secondary N) is 2. The topological polar surface area (TPSA) is 114 Å². The number of amides is 2. The third-order valence-corrected chi connectivity index (χ3v) is 5.05. The highest BCUT2D eigenvalue weighted by atomic mass is 16.6. The molecule has 1 atom stereocenters. The number of morpholine rings is 1. The van der Waals surface area contributed by atoms with Crippen LogP contribution in [0.3, 0.4) is 0 Å². The third kappa shape index (κ3) is 6.87. The first-order chi connectivity index (χ1) is 15.0. The highest BCUT2D eigenvalue weighted by Crippen LogP contribution is 2.22. The molecule has 1 aliphatic rings. The maximum atomic E-state index is 11.9. The molecule has 0 aromatic heterocycles. The van der Waals surface area contributed by atoms with Crippen LogP contribution >= 0.6 is 0 Å². The summed E-state index contributed by atoms with van der Waals surface area (Å²) in [6.45, 7) is 3.72. The Kier molecular flexibility index (Phi) is 8.08. The van der Waals surface area contributed by atoms with Crippen molar-refractivity contribution in [2.45, 2.75) is 18.9 Å². The van der Waals surface area contributed by atoms with Gasteiger partial charge in [-0.2, -0.15) is 0 Å². The van der Waals surface area contributed by atoms with E-state index in [1.54, 1.807) is 0 Å². The number of carbonyl (C=O) groups is 2. The van der Waals surface area contributed by atoms with Gasteiger partial charge in [0.1, 0.15) is 0 Å². The highest BCUT2D eigenvalue weighted by Gasteiger charge is 2.21. The van der Waals surface area contributed by atoms with Gasteiger partial charge >= 0.3 is 11.8 Å². The van der Waals surface area contributed by atoms with E-state index < -0.39 is 16.7 Å². The molecule has 31 heavy (non-hydrogen) atoms. The van der Waals surface area contributed by atoms with E-state index in [0.29, 0.717) is 18.8 Å². The molecule has 2 aromatic carbocycles. The molecule has 164 valence electrons. The summed E-state index contributed by atoms with van der Waals surface area (Å²) in [5.74, 6) is -1.53. The Labute approximate surface area is 180 Å². The SMILES string of the molecule is O=C(NCCCCN1CCOC(c2ccccc2)C1)C(=O)Nc1ccc([N+](=O)[O-])cc1. The van der Waals surface area contributed by atoms with E-state index in [9.17, 15) is 19.7 Å². The van der Waals surface area contributed by atoms with Crippen LogP contribution in [0.4, 0.5) is 11.4 Å². The molecular formula is C22H26N4O5. The van der Waals surface area contributed by atoms with Gasteiger partial charge in [-0.05, 0) is 37.1 Å². The van der Waals surface area contributed by atoms with Crippen LogP contribution in [0, 0.1) is 10.1 Å². The minimum Gasteiger partial charge on any atom is -0.371 e. The summed E-state index contributed by atoms with van der Waals surface area (Å²) in [5, 5.41) is 15.7. The Hall–Kier alpha value is -3.30. The quantitative estimate of drug-likeness (QED) is 0.290. The number of non-ortho nitro benzene ring substituents is 1. The van der Waals surface area contributed by atoms with Crippen LogP contribution in [0.25, 0.3) is 0 Å². The van der Waals surface area contributed by atoms with Crippen molar-refractivity contribution in [2.24, 2.45) is 0 Å². The van der Waals surface area contributed by atoms with E-state index in [0.717, 1.165) is 32.5 Å². The first-order valence-corrected chi connectivity index (χ1v) is 10.3. The van der Waals surface area contributed by atoms with Crippen molar-refractivity contribution in [1.29, 1.82) is 0 Å². The van der Waals surface area contributed by atoms with Gasteiger partial charge < -0.3 is 15.4 Å². The van der Waals surface area contributed by atoms with Crippen molar-refractivity contribution in [3.8, 4) is 0 Å². The molecule has 1 aliphatic heterocycles. The maximum absolute atomic E-state index is 11.9. The third-order valence-electron chi connectivity index (χ3n) is 5.05. The first-order valence-electron chi connectivity index (χ1n) is 10.3. The minimum absolute atomic E-state index is 0.0813. The number of rotatable bonds is 8. The van der Waals surface area contributed by atoms with Crippen LogP contribution in [0.5, 0.6) is 0 Å². The van der Waals surface area contributed by atoms with Gasteiger partial charge in [-0.15, -0.1) is 0 Å². The van der Waals surface area contributed by atoms with Crippen LogP contribution < -0.4 is 10.6 Å². The van der Waals surface area contributed by atoms with E-state index in [-0.39, 0.29) is 11.8 Å². The van der Waals surface area contributed by atoms with E-state index >= 15 is 0 Å². The number of carbonyl (C=O) groups excluding carboxylic acids is 2. The van der Waals surface area contributed by atoms with Crippen molar-refractivity contribution in [3.63, 3.8) is 0 Å². The number of hydrogen-bond donors (Lipinski definition) is 2. The summed E-state index contributed by atoms with van der Waals surface area (Å²) in [7, 11) is 0. The van der Waals surface area contributed by atoms with Crippen molar-refractivity contribution in [1.82, 2.24) is 10.2 Å². The standard InChI is InChI=1S/C22H26N4O5/c27-21(22(28)24-18-8-10-19(11-9-18)26(29)30)23-12-4-5-13-25-14-15-31-20(16-25)17-6-2-1-3-7-17/h1-3,6-11,20H,4-5,12-16H2,(H,23,27)(H,24,28). The van der Waals surface area contributed by atoms with E-state index in [4.69, 9.17) is 4.74 Å². The Balaban J connectivity index is 1.32. The van der Waals surface area contributed by atoms with Gasteiger partial charge in [0.25, 0.3) is 5.69 Å². The summed E-state index contributed by atoms with van der Waals surface area (Å²) in [6.07, 6.45) is 1.73.